The Morgan fingerprint density at radius 2 is 1.95 bits per heavy atom. The molecular weight excluding hydrogens is 294 g/mol. The van der Waals surface area contributed by atoms with E-state index in [0.717, 1.165) is 0 Å². The second-order valence-electron chi connectivity index (χ2n) is 5.56. The van der Waals surface area contributed by atoms with Gasteiger partial charge in [0.15, 0.2) is 0 Å². The molecule has 1 aliphatic heterocycles. The van der Waals surface area contributed by atoms with Crippen LogP contribution in [0, 0.1) is 6.92 Å². The van der Waals surface area contributed by atoms with Crippen molar-refractivity contribution < 1.29 is 23.1 Å². The Kier molecular flexibility index (Phi) is 4.36. The lowest BCUT2D eigenvalue weighted by molar-refractivity contribution is 0.0537. The number of hydrogen-bond acceptors (Lipinski definition) is 4. The molecule has 116 valence electrons. The number of nitrogens with one attached hydrogen (secondary N) is 1. The first kappa shape index (κ1) is 15.9. The third kappa shape index (κ3) is 3.61. The van der Waals surface area contributed by atoms with Crippen molar-refractivity contribution in [2.75, 3.05) is 13.2 Å². The Morgan fingerprint density at radius 3 is 2.52 bits per heavy atom. The fourth-order valence-corrected chi connectivity index (χ4v) is 3.80. The zero-order valence-corrected chi connectivity index (χ0v) is 12.9. The Balaban J connectivity index is 2.31. The zero-order valence-electron chi connectivity index (χ0n) is 12.0. The van der Waals surface area contributed by atoms with E-state index in [2.05, 4.69) is 4.72 Å². The topological polar surface area (TPSA) is 92.7 Å². The number of aromatic carboxylic acids is 1. The Labute approximate surface area is 124 Å². The monoisotopic (exact) mass is 313 g/mol. The maximum atomic E-state index is 12.4. The minimum atomic E-state index is -3.76. The van der Waals surface area contributed by atoms with E-state index in [9.17, 15) is 13.2 Å². The van der Waals surface area contributed by atoms with Gasteiger partial charge in [0, 0.05) is 18.8 Å². The number of hydrogen-bond donors (Lipinski definition) is 2. The first-order chi connectivity index (χ1) is 9.73. The number of ether oxygens (including phenoxy) is 1. The van der Waals surface area contributed by atoms with Gasteiger partial charge in [-0.15, -0.1) is 0 Å². The molecule has 0 radical (unpaired) electrons. The van der Waals surface area contributed by atoms with Crippen LogP contribution in [0.4, 0.5) is 0 Å². The third-order valence-corrected chi connectivity index (χ3v) is 5.36. The van der Waals surface area contributed by atoms with Crippen molar-refractivity contribution in [1.29, 1.82) is 0 Å². The van der Waals surface area contributed by atoms with Gasteiger partial charge < -0.3 is 9.84 Å². The molecule has 2 rings (SSSR count). The quantitative estimate of drug-likeness (QED) is 0.879. The Morgan fingerprint density at radius 1 is 1.33 bits per heavy atom. The van der Waals surface area contributed by atoms with Crippen molar-refractivity contribution in [3.05, 3.63) is 29.3 Å². The molecule has 6 nitrogen and oxygen atoms in total. The summed E-state index contributed by atoms with van der Waals surface area (Å²) in [6, 6.07) is 4.12. The summed E-state index contributed by atoms with van der Waals surface area (Å²) in [6.45, 7) is 4.48. The number of benzene rings is 1. The molecule has 7 heteroatoms. The summed E-state index contributed by atoms with van der Waals surface area (Å²) in [5.74, 6) is -1.14. The van der Waals surface area contributed by atoms with Crippen molar-refractivity contribution in [2.24, 2.45) is 0 Å². The summed E-state index contributed by atoms with van der Waals surface area (Å²) in [5.41, 5.74) is -0.0422. The highest BCUT2D eigenvalue weighted by Gasteiger charge is 2.32. The van der Waals surface area contributed by atoms with Crippen LogP contribution in [0.1, 0.15) is 35.7 Å². The normalized spacial score (nSPS) is 18.4. The van der Waals surface area contributed by atoms with Crippen LogP contribution in [0.15, 0.2) is 23.1 Å². The number of aryl methyl sites for hydroxylation is 1. The van der Waals surface area contributed by atoms with Crippen molar-refractivity contribution >= 4 is 16.0 Å². The molecule has 0 spiro atoms. The fourth-order valence-electron chi connectivity index (χ4n) is 2.31. The van der Waals surface area contributed by atoms with Crippen LogP contribution in [0.5, 0.6) is 0 Å². The molecular formula is C14H19NO5S. The molecule has 1 aliphatic rings. The second-order valence-corrected chi connectivity index (χ2v) is 7.24. The number of rotatable bonds is 4. The molecule has 0 aliphatic carbocycles. The van der Waals surface area contributed by atoms with Gasteiger partial charge in [-0.1, -0.05) is 6.07 Å². The summed E-state index contributed by atoms with van der Waals surface area (Å²) in [4.78, 5) is 11.1. The van der Waals surface area contributed by atoms with E-state index in [1.165, 1.54) is 18.2 Å². The first-order valence-corrected chi connectivity index (χ1v) is 8.17. The van der Waals surface area contributed by atoms with E-state index >= 15 is 0 Å². The van der Waals surface area contributed by atoms with E-state index in [4.69, 9.17) is 9.84 Å². The number of carboxylic acid groups (broad SMARTS) is 1. The summed E-state index contributed by atoms with van der Waals surface area (Å²) in [7, 11) is -3.76. The highest BCUT2D eigenvalue weighted by molar-refractivity contribution is 7.89. The molecule has 0 aromatic heterocycles. The molecule has 0 bridgehead atoms. The van der Waals surface area contributed by atoms with Gasteiger partial charge in [0.25, 0.3) is 0 Å². The molecule has 0 amide bonds. The van der Waals surface area contributed by atoms with E-state index in [-0.39, 0.29) is 10.5 Å². The Bertz CT molecular complexity index is 647. The maximum Gasteiger partial charge on any atom is 0.335 e. The van der Waals surface area contributed by atoms with Gasteiger partial charge in [-0.3, -0.25) is 0 Å². The lowest BCUT2D eigenvalue weighted by Crippen LogP contribution is -2.49. The van der Waals surface area contributed by atoms with Crippen LogP contribution in [-0.4, -0.2) is 38.2 Å². The third-order valence-electron chi connectivity index (χ3n) is 3.73. The van der Waals surface area contributed by atoms with Crippen molar-refractivity contribution in [3.8, 4) is 0 Å². The predicted molar refractivity (Wildman–Crippen MR) is 76.9 cm³/mol. The van der Waals surface area contributed by atoms with E-state index in [0.29, 0.717) is 31.6 Å². The van der Waals surface area contributed by atoms with Crippen LogP contribution >= 0.6 is 0 Å². The van der Waals surface area contributed by atoms with Gasteiger partial charge in [-0.25, -0.2) is 17.9 Å². The maximum absolute atomic E-state index is 12.4. The number of sulfonamides is 1. The molecule has 0 unspecified atom stereocenters. The smallest absolute Gasteiger partial charge is 0.335 e. The SMILES string of the molecule is Cc1ccc(S(=O)(=O)NC2(C)CCOCC2)cc1C(=O)O. The summed E-state index contributed by atoms with van der Waals surface area (Å²) >= 11 is 0. The lowest BCUT2D eigenvalue weighted by atomic mass is 9.94. The number of carboxylic acids is 1. The summed E-state index contributed by atoms with van der Waals surface area (Å²) in [5, 5.41) is 9.10. The van der Waals surface area contributed by atoms with Crippen molar-refractivity contribution in [3.63, 3.8) is 0 Å². The second kappa shape index (κ2) is 5.75. The van der Waals surface area contributed by atoms with Crippen LogP contribution in [0.3, 0.4) is 0 Å². The summed E-state index contributed by atoms with van der Waals surface area (Å²) in [6.07, 6.45) is 1.17. The van der Waals surface area contributed by atoms with Crippen LogP contribution < -0.4 is 4.72 Å². The molecule has 1 aromatic carbocycles. The zero-order chi connectivity index (χ0) is 15.7. The van der Waals surface area contributed by atoms with Gasteiger partial charge in [0.1, 0.15) is 0 Å². The molecule has 2 N–H and O–H groups in total. The van der Waals surface area contributed by atoms with Gasteiger partial charge in [0.2, 0.25) is 10.0 Å². The van der Waals surface area contributed by atoms with Crippen LogP contribution in [-0.2, 0) is 14.8 Å². The highest BCUT2D eigenvalue weighted by atomic mass is 32.2. The Hall–Kier alpha value is -1.44. The molecule has 1 aromatic rings. The number of carbonyl (C=O) groups is 1. The molecule has 1 saturated heterocycles. The predicted octanol–water partition coefficient (Wildman–Crippen LogP) is 1.54. The molecule has 1 fully saturated rings. The highest BCUT2D eigenvalue weighted by Crippen LogP contribution is 2.24. The van der Waals surface area contributed by atoms with Crippen molar-refractivity contribution in [1.82, 2.24) is 4.72 Å². The van der Waals surface area contributed by atoms with Gasteiger partial charge >= 0.3 is 5.97 Å². The van der Waals surface area contributed by atoms with Crippen LogP contribution in [0.2, 0.25) is 0 Å². The lowest BCUT2D eigenvalue weighted by Gasteiger charge is -2.34. The average molecular weight is 313 g/mol. The minimum Gasteiger partial charge on any atom is -0.478 e. The summed E-state index contributed by atoms with van der Waals surface area (Å²) < 4.78 is 32.8. The molecule has 0 atom stereocenters. The van der Waals surface area contributed by atoms with E-state index in [1.807, 2.05) is 6.92 Å². The van der Waals surface area contributed by atoms with Gasteiger partial charge in [0.05, 0.1) is 10.5 Å². The standard InChI is InChI=1S/C14H19NO5S/c1-10-3-4-11(9-12(10)13(16)17)21(18,19)15-14(2)5-7-20-8-6-14/h3-4,9,15H,5-8H2,1-2H3,(H,16,17). The fraction of sp³-hybridized carbons (Fsp3) is 0.500. The first-order valence-electron chi connectivity index (χ1n) is 6.69. The van der Waals surface area contributed by atoms with Gasteiger partial charge in [-0.05, 0) is 44.4 Å². The van der Waals surface area contributed by atoms with E-state index in [1.54, 1.807) is 6.92 Å². The van der Waals surface area contributed by atoms with Crippen molar-refractivity contribution in [2.45, 2.75) is 37.1 Å². The average Bonchev–Trinajstić information content (AvgIpc) is 2.38. The van der Waals surface area contributed by atoms with E-state index < -0.39 is 21.5 Å². The largest absolute Gasteiger partial charge is 0.478 e. The molecule has 1 heterocycles. The molecule has 21 heavy (non-hydrogen) atoms. The minimum absolute atomic E-state index is 0.00462. The van der Waals surface area contributed by atoms with Crippen LogP contribution in [0.25, 0.3) is 0 Å². The van der Waals surface area contributed by atoms with Gasteiger partial charge in [-0.2, -0.15) is 0 Å². The molecule has 0 saturated carbocycles.